The number of ether oxygens (including phenoxy) is 1. The number of nitrogens with two attached hydrogens (primary N) is 1. The summed E-state index contributed by atoms with van der Waals surface area (Å²) in [5, 5.41) is 0. The summed E-state index contributed by atoms with van der Waals surface area (Å²) in [6.07, 6.45) is 4.61. The Balaban J connectivity index is 3.22. The largest absolute Gasteiger partial charge is 0.494 e. The minimum Gasteiger partial charge on any atom is -0.494 e. The summed E-state index contributed by atoms with van der Waals surface area (Å²) >= 11 is 0. The smallest absolute Gasteiger partial charge is 0.111 e. The number of hydrogen-bond donors (Lipinski definition) is 1. The Kier molecular flexibility index (Phi) is 5.88. The average Bonchev–Trinajstić information content (AvgIpc) is 1.89. The van der Waals surface area contributed by atoms with Crippen molar-refractivity contribution < 1.29 is 4.74 Å². The SMILES string of the molecule is C=C(/C=C\C)OCCCN. The summed E-state index contributed by atoms with van der Waals surface area (Å²) < 4.78 is 5.16. The number of allylic oxidation sites excluding steroid dienone is 2. The van der Waals surface area contributed by atoms with Gasteiger partial charge in [-0.3, -0.25) is 0 Å². The zero-order valence-corrected chi connectivity index (χ0v) is 6.47. The molecule has 0 aromatic heterocycles. The lowest BCUT2D eigenvalue weighted by Gasteiger charge is -2.02. The molecule has 0 saturated carbocycles. The van der Waals surface area contributed by atoms with Gasteiger partial charge in [-0.05, 0) is 26.0 Å². The van der Waals surface area contributed by atoms with Crippen LogP contribution in [0.1, 0.15) is 13.3 Å². The topological polar surface area (TPSA) is 35.2 Å². The van der Waals surface area contributed by atoms with Gasteiger partial charge < -0.3 is 10.5 Å². The summed E-state index contributed by atoms with van der Waals surface area (Å²) in [7, 11) is 0. The molecule has 0 amide bonds. The minimum absolute atomic E-state index is 0.666. The highest BCUT2D eigenvalue weighted by Crippen LogP contribution is 1.95. The first-order valence-electron chi connectivity index (χ1n) is 3.45. The van der Waals surface area contributed by atoms with Crippen molar-refractivity contribution in [2.24, 2.45) is 5.73 Å². The predicted molar refractivity (Wildman–Crippen MR) is 43.6 cm³/mol. The molecule has 58 valence electrons. The van der Waals surface area contributed by atoms with Crippen LogP contribution >= 0.6 is 0 Å². The summed E-state index contributed by atoms with van der Waals surface area (Å²) in [5.74, 6) is 0.705. The van der Waals surface area contributed by atoms with Gasteiger partial charge in [0.1, 0.15) is 5.76 Å². The third kappa shape index (κ3) is 5.38. The fourth-order valence-corrected chi connectivity index (χ4v) is 0.521. The maximum Gasteiger partial charge on any atom is 0.111 e. The molecule has 0 fully saturated rings. The lowest BCUT2D eigenvalue weighted by Crippen LogP contribution is -2.03. The van der Waals surface area contributed by atoms with Crippen molar-refractivity contribution in [2.75, 3.05) is 13.2 Å². The molecule has 0 aliphatic carbocycles. The predicted octanol–water partition coefficient (Wildman–Crippen LogP) is 1.44. The summed E-state index contributed by atoms with van der Waals surface area (Å²) in [6, 6.07) is 0. The molecule has 0 bridgehead atoms. The van der Waals surface area contributed by atoms with Gasteiger partial charge in [0.15, 0.2) is 0 Å². The van der Waals surface area contributed by atoms with Gasteiger partial charge in [-0.1, -0.05) is 12.7 Å². The van der Waals surface area contributed by atoms with Gasteiger partial charge >= 0.3 is 0 Å². The van der Waals surface area contributed by atoms with Crippen molar-refractivity contribution in [1.29, 1.82) is 0 Å². The lowest BCUT2D eigenvalue weighted by atomic mass is 10.4. The fraction of sp³-hybridized carbons (Fsp3) is 0.500. The van der Waals surface area contributed by atoms with Crippen molar-refractivity contribution in [3.05, 3.63) is 24.5 Å². The molecule has 0 atom stereocenters. The van der Waals surface area contributed by atoms with E-state index < -0.39 is 0 Å². The third-order valence-corrected chi connectivity index (χ3v) is 0.988. The van der Waals surface area contributed by atoms with E-state index in [0.717, 1.165) is 6.42 Å². The monoisotopic (exact) mass is 141 g/mol. The van der Waals surface area contributed by atoms with Gasteiger partial charge in [0.05, 0.1) is 6.61 Å². The quantitative estimate of drug-likeness (QED) is 0.357. The highest BCUT2D eigenvalue weighted by atomic mass is 16.5. The van der Waals surface area contributed by atoms with Gasteiger partial charge in [-0.25, -0.2) is 0 Å². The van der Waals surface area contributed by atoms with E-state index in [1.54, 1.807) is 0 Å². The van der Waals surface area contributed by atoms with Crippen LogP contribution in [0, 0.1) is 0 Å². The Labute approximate surface area is 62.4 Å². The van der Waals surface area contributed by atoms with Gasteiger partial charge in [0.25, 0.3) is 0 Å². The van der Waals surface area contributed by atoms with E-state index >= 15 is 0 Å². The first kappa shape index (κ1) is 9.24. The summed E-state index contributed by atoms with van der Waals surface area (Å²) in [5.41, 5.74) is 5.26. The van der Waals surface area contributed by atoms with E-state index in [9.17, 15) is 0 Å². The molecule has 0 saturated heterocycles. The molecule has 0 rings (SSSR count). The van der Waals surface area contributed by atoms with Crippen molar-refractivity contribution in [3.8, 4) is 0 Å². The second kappa shape index (κ2) is 6.36. The van der Waals surface area contributed by atoms with Crippen molar-refractivity contribution in [1.82, 2.24) is 0 Å². The first-order valence-corrected chi connectivity index (χ1v) is 3.45. The fourth-order valence-electron chi connectivity index (χ4n) is 0.521. The maximum absolute atomic E-state index is 5.26. The van der Waals surface area contributed by atoms with Crippen LogP contribution in [0.4, 0.5) is 0 Å². The van der Waals surface area contributed by atoms with Crippen LogP contribution in [0.2, 0.25) is 0 Å². The zero-order chi connectivity index (χ0) is 7.82. The Hall–Kier alpha value is -0.760. The first-order chi connectivity index (χ1) is 4.81. The molecule has 2 heteroatoms. The Morgan fingerprint density at radius 3 is 2.90 bits per heavy atom. The minimum atomic E-state index is 0.666. The highest BCUT2D eigenvalue weighted by Gasteiger charge is 1.86. The van der Waals surface area contributed by atoms with Gasteiger partial charge in [0.2, 0.25) is 0 Å². The molecule has 2 N–H and O–H groups in total. The summed E-state index contributed by atoms with van der Waals surface area (Å²) in [6.45, 7) is 6.93. The van der Waals surface area contributed by atoms with Crippen LogP contribution < -0.4 is 5.73 Å². The molecule has 0 heterocycles. The van der Waals surface area contributed by atoms with E-state index in [2.05, 4.69) is 6.58 Å². The zero-order valence-electron chi connectivity index (χ0n) is 6.47. The van der Waals surface area contributed by atoms with Crippen molar-refractivity contribution in [2.45, 2.75) is 13.3 Å². The second-order valence-corrected chi connectivity index (χ2v) is 1.96. The molecule has 0 radical (unpaired) electrons. The van der Waals surface area contributed by atoms with E-state index in [0.29, 0.717) is 18.9 Å². The van der Waals surface area contributed by atoms with Crippen molar-refractivity contribution in [3.63, 3.8) is 0 Å². The average molecular weight is 141 g/mol. The van der Waals surface area contributed by atoms with Crippen LogP contribution in [-0.4, -0.2) is 13.2 Å². The molecule has 2 nitrogen and oxygen atoms in total. The Bertz CT molecular complexity index is 118. The molecule has 0 aliphatic rings. The maximum atomic E-state index is 5.26. The molecule has 0 unspecified atom stereocenters. The standard InChI is InChI=1S/C8H15NO/c1-3-5-8(2)10-7-4-6-9/h3,5H,2,4,6-7,9H2,1H3/b5-3-. The second-order valence-electron chi connectivity index (χ2n) is 1.96. The van der Waals surface area contributed by atoms with Gasteiger partial charge in [0, 0.05) is 0 Å². The van der Waals surface area contributed by atoms with E-state index in [1.165, 1.54) is 0 Å². The summed E-state index contributed by atoms with van der Waals surface area (Å²) in [4.78, 5) is 0. The molecule has 0 spiro atoms. The Morgan fingerprint density at radius 1 is 1.70 bits per heavy atom. The van der Waals surface area contributed by atoms with E-state index in [-0.39, 0.29) is 0 Å². The Morgan fingerprint density at radius 2 is 2.40 bits per heavy atom. The molecule has 10 heavy (non-hydrogen) atoms. The van der Waals surface area contributed by atoms with Gasteiger partial charge in [-0.2, -0.15) is 0 Å². The van der Waals surface area contributed by atoms with Crippen LogP contribution in [0.15, 0.2) is 24.5 Å². The van der Waals surface area contributed by atoms with Crippen LogP contribution in [0.25, 0.3) is 0 Å². The molecular weight excluding hydrogens is 126 g/mol. The van der Waals surface area contributed by atoms with Crippen LogP contribution in [0.3, 0.4) is 0 Å². The normalized spacial score (nSPS) is 10.2. The lowest BCUT2D eigenvalue weighted by molar-refractivity contribution is 0.223. The van der Waals surface area contributed by atoms with Crippen LogP contribution in [-0.2, 0) is 4.74 Å². The molecule has 0 aromatic carbocycles. The van der Waals surface area contributed by atoms with E-state index in [1.807, 2.05) is 19.1 Å². The molecular formula is C8H15NO. The third-order valence-electron chi connectivity index (χ3n) is 0.988. The highest BCUT2D eigenvalue weighted by molar-refractivity contribution is 5.05. The molecule has 0 aliphatic heterocycles. The van der Waals surface area contributed by atoms with Crippen molar-refractivity contribution >= 4 is 0 Å². The van der Waals surface area contributed by atoms with E-state index in [4.69, 9.17) is 10.5 Å². The molecule has 0 aromatic rings. The number of hydrogen-bond acceptors (Lipinski definition) is 2. The van der Waals surface area contributed by atoms with Gasteiger partial charge in [-0.15, -0.1) is 0 Å². The van der Waals surface area contributed by atoms with Crippen LogP contribution in [0.5, 0.6) is 0 Å². The number of rotatable bonds is 5.